The zero-order valence-electron chi connectivity index (χ0n) is 11.0. The van der Waals surface area contributed by atoms with E-state index in [2.05, 4.69) is 24.1 Å². The van der Waals surface area contributed by atoms with E-state index in [1.165, 1.54) is 0 Å². The Hall–Kier alpha value is -1.36. The Kier molecular flexibility index (Phi) is 4.01. The molecule has 1 amide bonds. The summed E-state index contributed by atoms with van der Waals surface area (Å²) in [5.41, 5.74) is 6.41. The average Bonchev–Trinajstić information content (AvgIpc) is 2.78. The molecule has 0 bridgehead atoms. The fraction of sp³-hybridized carbons (Fsp3) is 0.692. The third kappa shape index (κ3) is 2.72. The van der Waals surface area contributed by atoms with Crippen LogP contribution in [-0.2, 0) is 17.6 Å². The van der Waals surface area contributed by atoms with E-state index in [4.69, 9.17) is 10.2 Å². The van der Waals surface area contributed by atoms with Gasteiger partial charge in [-0.2, -0.15) is 0 Å². The van der Waals surface area contributed by atoms with Crippen LogP contribution in [0.2, 0.25) is 0 Å². The Morgan fingerprint density at radius 3 is 3.06 bits per heavy atom. The molecule has 1 atom stereocenters. The quantitative estimate of drug-likeness (QED) is 0.835. The van der Waals surface area contributed by atoms with Gasteiger partial charge < -0.3 is 15.5 Å². The molecular weight excluding hydrogens is 230 g/mol. The van der Waals surface area contributed by atoms with Gasteiger partial charge in [0.15, 0.2) is 5.89 Å². The number of oxazole rings is 1. The van der Waals surface area contributed by atoms with E-state index in [9.17, 15) is 4.79 Å². The van der Waals surface area contributed by atoms with Crippen LogP contribution < -0.4 is 11.1 Å². The molecule has 0 spiro atoms. The fourth-order valence-corrected chi connectivity index (χ4v) is 2.21. The number of hydrogen-bond donors (Lipinski definition) is 2. The minimum atomic E-state index is -0.00277. The number of nitrogens with one attached hydrogen (secondary N) is 1. The number of fused-ring (bicyclic) bond motifs is 1. The summed E-state index contributed by atoms with van der Waals surface area (Å²) >= 11 is 0. The van der Waals surface area contributed by atoms with Crippen molar-refractivity contribution in [2.24, 2.45) is 11.7 Å². The summed E-state index contributed by atoms with van der Waals surface area (Å²) < 4.78 is 5.74. The van der Waals surface area contributed by atoms with E-state index in [1.807, 2.05) is 0 Å². The Balaban J connectivity index is 2.03. The second-order valence-electron chi connectivity index (χ2n) is 5.10. The van der Waals surface area contributed by atoms with Gasteiger partial charge in [0.1, 0.15) is 5.76 Å². The molecule has 0 aliphatic heterocycles. The maximum Gasteiger partial charge on any atom is 0.223 e. The predicted molar refractivity (Wildman–Crippen MR) is 68.2 cm³/mol. The highest BCUT2D eigenvalue weighted by Gasteiger charge is 2.28. The van der Waals surface area contributed by atoms with Crippen LogP contribution in [0.4, 0.5) is 0 Å². The van der Waals surface area contributed by atoms with E-state index in [-0.39, 0.29) is 11.8 Å². The number of nitrogens with zero attached hydrogens (tertiary/aromatic N) is 1. The summed E-state index contributed by atoms with van der Waals surface area (Å²) in [6.07, 6.45) is 2.32. The highest BCUT2D eigenvalue weighted by molar-refractivity contribution is 5.79. The lowest BCUT2D eigenvalue weighted by Crippen LogP contribution is -2.36. The molecule has 0 fully saturated rings. The van der Waals surface area contributed by atoms with Crippen molar-refractivity contribution in [1.29, 1.82) is 0 Å². The fourth-order valence-electron chi connectivity index (χ4n) is 2.21. The van der Waals surface area contributed by atoms with Crippen LogP contribution in [0.3, 0.4) is 0 Å². The number of nitrogens with two attached hydrogens (primary N) is 1. The summed E-state index contributed by atoms with van der Waals surface area (Å²) in [6, 6.07) is 0. The Morgan fingerprint density at radius 1 is 1.61 bits per heavy atom. The number of aryl methyl sites for hydroxylation is 1. The van der Waals surface area contributed by atoms with E-state index in [0.29, 0.717) is 25.4 Å². The van der Waals surface area contributed by atoms with E-state index in [1.54, 1.807) is 0 Å². The molecule has 0 saturated carbocycles. The molecule has 100 valence electrons. The van der Waals surface area contributed by atoms with Crippen molar-refractivity contribution in [2.75, 3.05) is 13.1 Å². The van der Waals surface area contributed by atoms with E-state index in [0.717, 1.165) is 30.2 Å². The molecule has 2 rings (SSSR count). The molecule has 0 aromatic carbocycles. The zero-order valence-corrected chi connectivity index (χ0v) is 11.0. The molecule has 3 N–H and O–H groups in total. The molecule has 0 saturated heterocycles. The van der Waals surface area contributed by atoms with Crippen molar-refractivity contribution >= 4 is 5.91 Å². The Bertz CT molecular complexity index is 426. The van der Waals surface area contributed by atoms with Gasteiger partial charge in [-0.25, -0.2) is 4.98 Å². The van der Waals surface area contributed by atoms with Crippen LogP contribution in [0, 0.1) is 5.92 Å². The van der Waals surface area contributed by atoms with Crippen molar-refractivity contribution < 1.29 is 9.21 Å². The van der Waals surface area contributed by atoms with Gasteiger partial charge in [0.05, 0.1) is 5.69 Å². The van der Waals surface area contributed by atoms with Crippen LogP contribution in [0.15, 0.2) is 4.42 Å². The molecule has 18 heavy (non-hydrogen) atoms. The first kappa shape index (κ1) is 13.1. The number of rotatable bonds is 4. The molecule has 5 nitrogen and oxygen atoms in total. The summed E-state index contributed by atoms with van der Waals surface area (Å²) in [6.45, 7) is 5.13. The second-order valence-corrected chi connectivity index (χ2v) is 5.10. The van der Waals surface area contributed by atoms with Crippen LogP contribution >= 0.6 is 0 Å². The highest BCUT2D eigenvalue weighted by Crippen LogP contribution is 2.28. The molecule has 1 aliphatic carbocycles. The van der Waals surface area contributed by atoms with E-state index >= 15 is 0 Å². The average molecular weight is 251 g/mol. The summed E-state index contributed by atoms with van der Waals surface area (Å²) in [4.78, 5) is 16.4. The third-order valence-electron chi connectivity index (χ3n) is 3.26. The zero-order chi connectivity index (χ0) is 13.1. The maximum absolute atomic E-state index is 11.9. The first-order valence-electron chi connectivity index (χ1n) is 6.58. The van der Waals surface area contributed by atoms with Crippen molar-refractivity contribution in [3.8, 4) is 0 Å². The van der Waals surface area contributed by atoms with Gasteiger partial charge in [-0.1, -0.05) is 13.8 Å². The number of amides is 1. The number of hydrogen-bond acceptors (Lipinski definition) is 4. The van der Waals surface area contributed by atoms with Gasteiger partial charge in [-0.3, -0.25) is 4.79 Å². The number of carbonyl (C=O) groups excluding carboxylic acids is 1. The SMILES string of the molecule is CC(C)c1nc2c(o1)CC(C(=O)NCCN)CC2. The lowest BCUT2D eigenvalue weighted by atomic mass is 9.90. The lowest BCUT2D eigenvalue weighted by molar-refractivity contribution is -0.125. The third-order valence-corrected chi connectivity index (χ3v) is 3.26. The smallest absolute Gasteiger partial charge is 0.223 e. The van der Waals surface area contributed by atoms with Crippen molar-refractivity contribution in [1.82, 2.24) is 10.3 Å². The van der Waals surface area contributed by atoms with E-state index < -0.39 is 0 Å². The summed E-state index contributed by atoms with van der Waals surface area (Å²) in [5, 5.41) is 2.84. The van der Waals surface area contributed by atoms with Gasteiger partial charge in [-0.15, -0.1) is 0 Å². The largest absolute Gasteiger partial charge is 0.445 e. The molecule has 0 radical (unpaired) electrons. The minimum absolute atomic E-state index is 0.00277. The van der Waals surface area contributed by atoms with Crippen molar-refractivity contribution in [2.45, 2.75) is 39.0 Å². The molecule has 1 unspecified atom stereocenters. The Labute approximate surface area is 107 Å². The normalized spacial score (nSPS) is 18.8. The number of aromatic nitrogens is 1. The standard InChI is InChI=1S/C13H21N3O2/c1-8(2)13-16-10-4-3-9(7-11(10)18-13)12(17)15-6-5-14/h8-9H,3-7,14H2,1-2H3,(H,15,17). The maximum atomic E-state index is 11.9. The van der Waals surface area contributed by atoms with Crippen LogP contribution in [0.1, 0.15) is 43.5 Å². The molecule has 1 aromatic rings. The topological polar surface area (TPSA) is 81.2 Å². The molecule has 5 heteroatoms. The summed E-state index contributed by atoms with van der Waals surface area (Å²) in [5.74, 6) is 2.03. The van der Waals surface area contributed by atoms with Crippen molar-refractivity contribution in [3.63, 3.8) is 0 Å². The minimum Gasteiger partial charge on any atom is -0.445 e. The van der Waals surface area contributed by atoms with Gasteiger partial charge in [0.2, 0.25) is 5.91 Å². The molecule has 1 heterocycles. The van der Waals surface area contributed by atoms with Gasteiger partial charge in [0, 0.05) is 31.3 Å². The van der Waals surface area contributed by atoms with Gasteiger partial charge in [-0.05, 0) is 12.8 Å². The second kappa shape index (κ2) is 5.52. The lowest BCUT2D eigenvalue weighted by Gasteiger charge is -2.19. The molecule has 1 aromatic heterocycles. The Morgan fingerprint density at radius 2 is 2.39 bits per heavy atom. The first-order valence-corrected chi connectivity index (χ1v) is 6.58. The van der Waals surface area contributed by atoms with Gasteiger partial charge in [0.25, 0.3) is 0 Å². The molecular formula is C13H21N3O2. The van der Waals surface area contributed by atoms with Crippen LogP contribution in [-0.4, -0.2) is 24.0 Å². The molecule has 1 aliphatic rings. The predicted octanol–water partition coefficient (Wildman–Crippen LogP) is 0.978. The van der Waals surface area contributed by atoms with Crippen LogP contribution in [0.25, 0.3) is 0 Å². The highest BCUT2D eigenvalue weighted by atomic mass is 16.4. The summed E-state index contributed by atoms with van der Waals surface area (Å²) in [7, 11) is 0. The van der Waals surface area contributed by atoms with Gasteiger partial charge >= 0.3 is 0 Å². The number of carbonyl (C=O) groups is 1. The van der Waals surface area contributed by atoms with Crippen LogP contribution in [0.5, 0.6) is 0 Å². The monoisotopic (exact) mass is 251 g/mol. The van der Waals surface area contributed by atoms with Crippen molar-refractivity contribution in [3.05, 3.63) is 17.3 Å². The first-order chi connectivity index (χ1) is 8.61.